The van der Waals surface area contributed by atoms with Crippen molar-refractivity contribution in [3.05, 3.63) is 59.9 Å². The summed E-state index contributed by atoms with van der Waals surface area (Å²) in [5, 5.41) is 0. The number of piperidine rings is 2. The van der Waals surface area contributed by atoms with Crippen LogP contribution in [0.15, 0.2) is 48.7 Å². The number of likely N-dealkylation sites (tertiary alicyclic amines) is 2. The van der Waals surface area contributed by atoms with E-state index < -0.39 is 0 Å². The summed E-state index contributed by atoms with van der Waals surface area (Å²) in [6.07, 6.45) is 3.87. The first-order valence-electron chi connectivity index (χ1n) is 9.29. The average molecular weight is 351 g/mol. The number of hydrogen-bond donors (Lipinski definition) is 0. The van der Waals surface area contributed by atoms with E-state index in [1.807, 2.05) is 35.2 Å². The lowest BCUT2D eigenvalue weighted by atomic mass is 9.85. The predicted octanol–water partition coefficient (Wildman–Crippen LogP) is 2.71. The van der Waals surface area contributed by atoms with E-state index in [0.29, 0.717) is 19.0 Å². The van der Waals surface area contributed by atoms with Gasteiger partial charge in [0.2, 0.25) is 5.91 Å². The van der Waals surface area contributed by atoms with Gasteiger partial charge >= 0.3 is 0 Å². The number of hydrogen-bond acceptors (Lipinski definition) is 4. The molecular weight excluding hydrogens is 326 g/mol. The smallest absolute Gasteiger partial charge is 0.240 e. The molecule has 2 aliphatic heterocycles. The van der Waals surface area contributed by atoms with E-state index >= 15 is 0 Å². The SMILES string of the molecule is COc1cccnc1CN1CC[C@H]2C[C@@H]1C(=O)N(Cc1ccccc1)C2. The minimum absolute atomic E-state index is 0.0436. The third-order valence-corrected chi connectivity index (χ3v) is 5.53. The monoisotopic (exact) mass is 351 g/mol. The second-order valence-electron chi connectivity index (χ2n) is 7.23. The summed E-state index contributed by atoms with van der Waals surface area (Å²) in [6.45, 7) is 3.19. The number of pyridine rings is 1. The van der Waals surface area contributed by atoms with Gasteiger partial charge in [-0.2, -0.15) is 0 Å². The second-order valence-corrected chi connectivity index (χ2v) is 7.23. The van der Waals surface area contributed by atoms with Crippen molar-refractivity contribution in [2.75, 3.05) is 20.2 Å². The summed E-state index contributed by atoms with van der Waals surface area (Å²) in [5.74, 6) is 1.64. The van der Waals surface area contributed by atoms with E-state index in [0.717, 1.165) is 37.4 Å². The lowest BCUT2D eigenvalue weighted by Gasteiger charge is -2.46. The first-order valence-corrected chi connectivity index (χ1v) is 9.29. The molecule has 0 radical (unpaired) electrons. The van der Waals surface area contributed by atoms with Crippen LogP contribution in [-0.4, -0.2) is 46.9 Å². The predicted molar refractivity (Wildman–Crippen MR) is 99.6 cm³/mol. The highest BCUT2D eigenvalue weighted by Crippen LogP contribution is 2.32. The van der Waals surface area contributed by atoms with E-state index in [4.69, 9.17) is 4.74 Å². The van der Waals surface area contributed by atoms with Crippen molar-refractivity contribution in [3.8, 4) is 5.75 Å². The fourth-order valence-corrected chi connectivity index (χ4v) is 4.18. The highest BCUT2D eigenvalue weighted by atomic mass is 16.5. The second kappa shape index (κ2) is 7.46. The summed E-state index contributed by atoms with van der Waals surface area (Å²) in [6, 6.07) is 14.0. The summed E-state index contributed by atoms with van der Waals surface area (Å²) >= 11 is 0. The molecule has 0 N–H and O–H groups in total. The maximum atomic E-state index is 13.1. The minimum Gasteiger partial charge on any atom is -0.495 e. The Bertz CT molecular complexity index is 765. The van der Waals surface area contributed by atoms with E-state index in [9.17, 15) is 4.79 Å². The molecule has 0 spiro atoms. The molecule has 4 rings (SSSR count). The molecule has 1 aromatic carbocycles. The van der Waals surface area contributed by atoms with Crippen LogP contribution in [0.5, 0.6) is 5.75 Å². The first kappa shape index (κ1) is 17.0. The van der Waals surface area contributed by atoms with Crippen molar-refractivity contribution >= 4 is 5.91 Å². The molecule has 2 bridgehead atoms. The zero-order valence-corrected chi connectivity index (χ0v) is 15.2. The number of fused-ring (bicyclic) bond motifs is 2. The molecule has 136 valence electrons. The largest absolute Gasteiger partial charge is 0.495 e. The number of ether oxygens (including phenoxy) is 1. The van der Waals surface area contributed by atoms with Crippen LogP contribution in [0.4, 0.5) is 0 Å². The van der Waals surface area contributed by atoms with E-state index in [-0.39, 0.29) is 11.9 Å². The van der Waals surface area contributed by atoms with E-state index in [1.165, 1.54) is 5.56 Å². The Balaban J connectivity index is 1.50. The van der Waals surface area contributed by atoms with E-state index in [2.05, 4.69) is 22.0 Å². The quantitative estimate of drug-likeness (QED) is 0.831. The summed E-state index contributed by atoms with van der Waals surface area (Å²) in [5.41, 5.74) is 2.10. The fraction of sp³-hybridized carbons (Fsp3) is 0.429. The zero-order valence-electron chi connectivity index (χ0n) is 15.2. The third kappa shape index (κ3) is 3.44. The molecule has 3 heterocycles. The zero-order chi connectivity index (χ0) is 17.9. The van der Waals surface area contributed by atoms with Gasteiger partial charge in [0, 0.05) is 25.8 Å². The third-order valence-electron chi connectivity index (χ3n) is 5.53. The summed E-state index contributed by atoms with van der Waals surface area (Å²) in [4.78, 5) is 21.9. The molecule has 5 nitrogen and oxygen atoms in total. The number of benzene rings is 1. The van der Waals surface area contributed by atoms with Crippen LogP contribution >= 0.6 is 0 Å². The fourth-order valence-electron chi connectivity index (χ4n) is 4.18. The van der Waals surface area contributed by atoms with Crippen molar-refractivity contribution < 1.29 is 9.53 Å². The molecule has 5 heteroatoms. The average Bonchev–Trinajstić information content (AvgIpc) is 2.68. The van der Waals surface area contributed by atoms with Gasteiger partial charge in [-0.1, -0.05) is 30.3 Å². The van der Waals surface area contributed by atoms with Gasteiger partial charge in [-0.15, -0.1) is 0 Å². The van der Waals surface area contributed by atoms with Gasteiger partial charge in [-0.25, -0.2) is 0 Å². The standard InChI is InChI=1S/C21H25N3O2/c1-26-20-8-5-10-22-18(20)15-23-11-9-17-12-19(23)21(25)24(14-17)13-16-6-3-2-4-7-16/h2-8,10,17,19H,9,11-15H2,1H3/t17-,19+/m0/s1. The van der Waals surface area contributed by atoms with Gasteiger partial charge in [0.1, 0.15) is 5.75 Å². The number of carbonyl (C=O) groups excluding carboxylic acids is 1. The molecule has 2 aromatic rings. The van der Waals surface area contributed by atoms with Gasteiger partial charge in [0.15, 0.2) is 0 Å². The summed E-state index contributed by atoms with van der Waals surface area (Å²) < 4.78 is 5.43. The Morgan fingerprint density at radius 3 is 2.81 bits per heavy atom. The highest BCUT2D eigenvalue weighted by molar-refractivity contribution is 5.83. The molecular formula is C21H25N3O2. The lowest BCUT2D eigenvalue weighted by molar-refractivity contribution is -0.146. The van der Waals surface area contributed by atoms with Crippen molar-refractivity contribution in [2.45, 2.75) is 32.0 Å². The molecule has 2 saturated heterocycles. The molecule has 2 fully saturated rings. The molecule has 2 atom stereocenters. The van der Waals surface area contributed by atoms with E-state index in [1.54, 1.807) is 13.3 Å². The van der Waals surface area contributed by atoms with Gasteiger partial charge in [-0.05, 0) is 43.0 Å². The van der Waals surface area contributed by atoms with Crippen LogP contribution < -0.4 is 4.74 Å². The topological polar surface area (TPSA) is 45.7 Å². The van der Waals surface area contributed by atoms with Crippen LogP contribution in [-0.2, 0) is 17.9 Å². The molecule has 1 amide bonds. The molecule has 1 aromatic heterocycles. The Kier molecular flexibility index (Phi) is 4.89. The Labute approximate surface area is 154 Å². The van der Waals surface area contributed by atoms with Crippen molar-refractivity contribution in [1.82, 2.24) is 14.8 Å². The molecule has 0 saturated carbocycles. The molecule has 26 heavy (non-hydrogen) atoms. The number of rotatable bonds is 5. The molecule has 0 aliphatic carbocycles. The van der Waals surface area contributed by atoms with Gasteiger partial charge in [-0.3, -0.25) is 14.7 Å². The highest BCUT2D eigenvalue weighted by Gasteiger charge is 2.41. The first-order chi connectivity index (χ1) is 12.7. The minimum atomic E-state index is -0.0436. The molecule has 2 aliphatic rings. The van der Waals surface area contributed by atoms with Crippen LogP contribution in [0, 0.1) is 5.92 Å². The van der Waals surface area contributed by atoms with Crippen LogP contribution in [0.1, 0.15) is 24.1 Å². The molecule has 0 unspecified atom stereocenters. The van der Waals surface area contributed by atoms with Crippen LogP contribution in [0.25, 0.3) is 0 Å². The maximum absolute atomic E-state index is 13.1. The normalized spacial score (nSPS) is 23.1. The maximum Gasteiger partial charge on any atom is 0.240 e. The number of amides is 1. The number of methoxy groups -OCH3 is 1. The van der Waals surface area contributed by atoms with Gasteiger partial charge in [0.05, 0.1) is 18.8 Å². The van der Waals surface area contributed by atoms with Gasteiger partial charge in [0.25, 0.3) is 0 Å². The Morgan fingerprint density at radius 1 is 1.15 bits per heavy atom. The summed E-state index contributed by atoms with van der Waals surface area (Å²) in [7, 11) is 1.67. The Hall–Kier alpha value is -2.40. The van der Waals surface area contributed by atoms with Crippen LogP contribution in [0.2, 0.25) is 0 Å². The van der Waals surface area contributed by atoms with Crippen molar-refractivity contribution in [1.29, 1.82) is 0 Å². The number of aromatic nitrogens is 1. The number of carbonyl (C=O) groups is 1. The van der Waals surface area contributed by atoms with Crippen molar-refractivity contribution in [3.63, 3.8) is 0 Å². The van der Waals surface area contributed by atoms with Crippen molar-refractivity contribution in [2.24, 2.45) is 5.92 Å². The lowest BCUT2D eigenvalue weighted by Crippen LogP contribution is -2.58. The van der Waals surface area contributed by atoms with Gasteiger partial charge < -0.3 is 9.64 Å². The van der Waals surface area contributed by atoms with Crippen LogP contribution in [0.3, 0.4) is 0 Å². The number of nitrogens with zero attached hydrogens (tertiary/aromatic N) is 3. The Morgan fingerprint density at radius 2 is 2.00 bits per heavy atom.